The van der Waals surface area contributed by atoms with E-state index in [0.29, 0.717) is 39.2 Å². The van der Waals surface area contributed by atoms with E-state index in [2.05, 4.69) is 10.00 Å². The van der Waals surface area contributed by atoms with Crippen molar-refractivity contribution in [2.75, 3.05) is 39.3 Å². The summed E-state index contributed by atoms with van der Waals surface area (Å²) in [5, 5.41) is 15.4. The summed E-state index contributed by atoms with van der Waals surface area (Å²) in [4.78, 5) is 28.7. The number of para-hydroxylation sites is 1. The van der Waals surface area contributed by atoms with Crippen LogP contribution in [0.2, 0.25) is 0 Å². The molecule has 1 aliphatic heterocycles. The van der Waals surface area contributed by atoms with E-state index in [4.69, 9.17) is 16.3 Å². The molecule has 10 heteroatoms. The molecule has 188 valence electrons. The van der Waals surface area contributed by atoms with E-state index in [0.717, 1.165) is 37.6 Å². The Bertz CT molecular complexity index is 1130. The second kappa shape index (κ2) is 11.3. The molecule has 0 amide bonds. The Morgan fingerprint density at radius 3 is 2.51 bits per heavy atom. The van der Waals surface area contributed by atoms with Crippen molar-refractivity contribution in [2.45, 2.75) is 38.6 Å². The summed E-state index contributed by atoms with van der Waals surface area (Å²) in [5.41, 5.74) is -1.43. The largest absolute Gasteiger partial charge is 0.492 e. The Labute approximate surface area is 209 Å². The number of halogens is 1. The molecule has 1 aliphatic carbocycles. The average molecular weight is 502 g/mol. The van der Waals surface area contributed by atoms with Crippen molar-refractivity contribution in [1.29, 1.82) is 0 Å². The summed E-state index contributed by atoms with van der Waals surface area (Å²) in [6.45, 7) is 7.07. The number of hydrogen-bond acceptors (Lipinski definition) is 7. The minimum absolute atomic E-state index is 0.0420. The van der Waals surface area contributed by atoms with E-state index in [9.17, 15) is 14.7 Å². The number of ether oxygens (including phenoxy) is 1. The van der Waals surface area contributed by atoms with Crippen molar-refractivity contribution in [3.8, 4) is 5.75 Å². The van der Waals surface area contributed by atoms with Crippen LogP contribution in [0.25, 0.3) is 0 Å². The van der Waals surface area contributed by atoms with E-state index in [1.54, 1.807) is 9.25 Å². The molecule has 1 fully saturated rings. The zero-order chi connectivity index (χ0) is 24.8. The molecule has 2 aliphatic rings. The summed E-state index contributed by atoms with van der Waals surface area (Å²) in [6, 6.07) is 9.56. The smallest absolute Gasteiger partial charge is 0.346 e. The fraction of sp³-hybridized carbons (Fsp3) is 0.480. The summed E-state index contributed by atoms with van der Waals surface area (Å²) in [6.07, 6.45) is 5.70. The van der Waals surface area contributed by atoms with Crippen molar-refractivity contribution in [3.63, 3.8) is 0 Å². The fourth-order valence-corrected chi connectivity index (χ4v) is 4.67. The van der Waals surface area contributed by atoms with Gasteiger partial charge in [0.1, 0.15) is 18.2 Å². The number of aromatic nitrogens is 3. The standard InChI is InChI=1S/C25H32ClN5O4/c1-2-23-27-31(24(33)30(23)17-18-35-20-7-4-3-5-8-20)12-6-11-28-13-15-29(16-14-28)25(34)10-9-22(32)21(26)19-25/h3-5,7-10,19,34H,2,6,11-18H2,1H3/t25-/m0/s1. The molecule has 1 aromatic carbocycles. The predicted octanol–water partition coefficient (Wildman–Crippen LogP) is 1.64. The van der Waals surface area contributed by atoms with Crippen molar-refractivity contribution >= 4 is 17.4 Å². The number of carbonyl (C=O) groups excluding carboxylic acids is 1. The van der Waals surface area contributed by atoms with Gasteiger partial charge >= 0.3 is 5.69 Å². The average Bonchev–Trinajstić information content (AvgIpc) is 3.17. The van der Waals surface area contributed by atoms with Gasteiger partial charge < -0.3 is 14.7 Å². The van der Waals surface area contributed by atoms with Crippen LogP contribution in [0, 0.1) is 0 Å². The number of carbonyl (C=O) groups is 1. The molecule has 1 N–H and O–H groups in total. The summed E-state index contributed by atoms with van der Waals surface area (Å²) in [5.74, 6) is 1.26. The maximum absolute atomic E-state index is 12.9. The van der Waals surface area contributed by atoms with Gasteiger partial charge in [-0.2, -0.15) is 5.10 Å². The van der Waals surface area contributed by atoms with Gasteiger partial charge in [0.05, 0.1) is 11.6 Å². The third kappa shape index (κ3) is 6.10. The molecule has 35 heavy (non-hydrogen) atoms. The van der Waals surface area contributed by atoms with Crippen LogP contribution in [0.1, 0.15) is 19.2 Å². The molecule has 0 saturated carbocycles. The molecule has 4 rings (SSSR count). The highest BCUT2D eigenvalue weighted by Gasteiger charge is 2.35. The fourth-order valence-electron chi connectivity index (χ4n) is 4.44. The highest BCUT2D eigenvalue weighted by molar-refractivity contribution is 6.44. The van der Waals surface area contributed by atoms with E-state index in [1.165, 1.54) is 18.2 Å². The molecule has 0 bridgehead atoms. The number of rotatable bonds is 10. The quantitative estimate of drug-likeness (QED) is 0.529. The first-order chi connectivity index (χ1) is 16.9. The van der Waals surface area contributed by atoms with Gasteiger partial charge in [-0.05, 0) is 36.8 Å². The Balaban J connectivity index is 1.25. The molecule has 0 spiro atoms. The Morgan fingerprint density at radius 2 is 1.83 bits per heavy atom. The van der Waals surface area contributed by atoms with Crippen LogP contribution in [0.5, 0.6) is 5.75 Å². The van der Waals surface area contributed by atoms with Crippen LogP contribution in [-0.2, 0) is 24.3 Å². The second-order valence-corrected chi connectivity index (χ2v) is 9.15. The number of nitrogens with zero attached hydrogens (tertiary/aromatic N) is 5. The lowest BCUT2D eigenvalue weighted by Gasteiger charge is -2.42. The number of aliphatic hydroxyl groups is 1. The number of ketones is 1. The molecule has 1 atom stereocenters. The van der Waals surface area contributed by atoms with Gasteiger partial charge in [0.15, 0.2) is 11.5 Å². The highest BCUT2D eigenvalue weighted by Crippen LogP contribution is 2.25. The van der Waals surface area contributed by atoms with Gasteiger partial charge in [0.25, 0.3) is 0 Å². The number of aryl methyl sites for hydroxylation is 2. The third-order valence-electron chi connectivity index (χ3n) is 6.42. The van der Waals surface area contributed by atoms with Crippen molar-refractivity contribution < 1.29 is 14.6 Å². The van der Waals surface area contributed by atoms with Gasteiger partial charge in [-0.15, -0.1) is 0 Å². The van der Waals surface area contributed by atoms with Crippen LogP contribution in [0.4, 0.5) is 0 Å². The molecule has 1 saturated heterocycles. The normalized spacial score (nSPS) is 21.3. The third-order valence-corrected chi connectivity index (χ3v) is 6.72. The number of allylic oxidation sites excluding steroid dienone is 2. The van der Waals surface area contributed by atoms with Crippen LogP contribution < -0.4 is 10.4 Å². The van der Waals surface area contributed by atoms with Gasteiger partial charge in [-0.3, -0.25) is 14.3 Å². The molecule has 0 radical (unpaired) electrons. The van der Waals surface area contributed by atoms with Crippen LogP contribution in [0.3, 0.4) is 0 Å². The number of piperazine rings is 1. The lowest BCUT2D eigenvalue weighted by molar-refractivity contribution is -0.112. The van der Waals surface area contributed by atoms with Gasteiger partial charge in [0, 0.05) is 45.7 Å². The van der Waals surface area contributed by atoms with Crippen LogP contribution in [-0.4, -0.2) is 80.1 Å². The summed E-state index contributed by atoms with van der Waals surface area (Å²) < 4.78 is 9.00. The Kier molecular flexibility index (Phi) is 8.22. The van der Waals surface area contributed by atoms with E-state index in [-0.39, 0.29) is 16.5 Å². The Hall–Kier alpha value is -2.72. The molecular weight excluding hydrogens is 470 g/mol. The van der Waals surface area contributed by atoms with E-state index in [1.807, 2.05) is 42.2 Å². The van der Waals surface area contributed by atoms with Crippen LogP contribution >= 0.6 is 11.6 Å². The Morgan fingerprint density at radius 1 is 1.09 bits per heavy atom. The predicted molar refractivity (Wildman–Crippen MR) is 133 cm³/mol. The SMILES string of the molecule is CCc1nn(CCCN2CCN([C@]3(O)C=CC(=O)C(Cl)=C3)CC2)c(=O)n1CCOc1ccccc1. The zero-order valence-corrected chi connectivity index (χ0v) is 20.7. The maximum Gasteiger partial charge on any atom is 0.346 e. The molecule has 9 nitrogen and oxygen atoms in total. The monoisotopic (exact) mass is 501 g/mol. The van der Waals surface area contributed by atoms with Crippen molar-refractivity contribution in [3.05, 3.63) is 69.9 Å². The maximum atomic E-state index is 12.9. The van der Waals surface area contributed by atoms with Gasteiger partial charge in [-0.25, -0.2) is 9.48 Å². The molecular formula is C25H32ClN5O4. The lowest BCUT2D eigenvalue weighted by Crippen LogP contribution is -2.56. The second-order valence-electron chi connectivity index (χ2n) is 8.74. The van der Waals surface area contributed by atoms with E-state index < -0.39 is 5.72 Å². The van der Waals surface area contributed by atoms with Gasteiger partial charge in [-0.1, -0.05) is 36.7 Å². The topological polar surface area (TPSA) is 92.8 Å². The van der Waals surface area contributed by atoms with Gasteiger partial charge in [0.2, 0.25) is 0 Å². The minimum atomic E-state index is -1.32. The van der Waals surface area contributed by atoms with E-state index >= 15 is 0 Å². The lowest BCUT2D eigenvalue weighted by atomic mass is 10.0. The highest BCUT2D eigenvalue weighted by atomic mass is 35.5. The summed E-state index contributed by atoms with van der Waals surface area (Å²) >= 11 is 5.94. The first-order valence-electron chi connectivity index (χ1n) is 12.1. The zero-order valence-electron chi connectivity index (χ0n) is 20.0. The molecule has 0 unspecified atom stereocenters. The van der Waals surface area contributed by atoms with Crippen molar-refractivity contribution in [1.82, 2.24) is 24.1 Å². The minimum Gasteiger partial charge on any atom is -0.492 e. The number of hydrogen-bond donors (Lipinski definition) is 1. The van der Waals surface area contributed by atoms with Crippen molar-refractivity contribution in [2.24, 2.45) is 0 Å². The molecule has 1 aromatic heterocycles. The first kappa shape index (κ1) is 25.4. The first-order valence-corrected chi connectivity index (χ1v) is 12.4. The molecule has 2 aromatic rings. The molecule has 2 heterocycles. The summed E-state index contributed by atoms with van der Waals surface area (Å²) in [7, 11) is 0. The van der Waals surface area contributed by atoms with Crippen LogP contribution in [0.15, 0.2) is 58.4 Å². The number of benzene rings is 1.